The summed E-state index contributed by atoms with van der Waals surface area (Å²) in [5.41, 5.74) is 1.27. The van der Waals surface area contributed by atoms with Crippen molar-refractivity contribution in [3.63, 3.8) is 0 Å². The zero-order chi connectivity index (χ0) is 13.0. The van der Waals surface area contributed by atoms with Gasteiger partial charge in [0.05, 0.1) is 4.88 Å². The fourth-order valence-electron chi connectivity index (χ4n) is 1.60. The topological polar surface area (TPSA) is 21.3 Å². The molecule has 1 atom stereocenters. The van der Waals surface area contributed by atoms with Crippen molar-refractivity contribution in [2.75, 3.05) is 7.05 Å². The first-order valence-corrected chi connectivity index (χ1v) is 7.50. The predicted molar refractivity (Wildman–Crippen MR) is 80.3 cm³/mol. The van der Waals surface area contributed by atoms with Crippen LogP contribution in [0, 0.1) is 0 Å². The number of thiophene rings is 1. The summed E-state index contributed by atoms with van der Waals surface area (Å²) in [6, 6.07) is 10.6. The number of ether oxygens (including phenoxy) is 1. The quantitative estimate of drug-likeness (QED) is 0.881. The minimum atomic E-state index is 0.366. The second-order valence-electron chi connectivity index (χ2n) is 4.06. The molecule has 0 fully saturated rings. The molecule has 0 saturated heterocycles. The van der Waals surface area contributed by atoms with Crippen LogP contribution in [0.4, 0.5) is 0 Å². The summed E-state index contributed by atoms with van der Waals surface area (Å²) in [5, 5.41) is 5.27. The molecule has 1 heterocycles. The first-order chi connectivity index (χ1) is 8.70. The predicted octanol–water partition coefficient (Wildman–Crippen LogP) is 4.37. The summed E-state index contributed by atoms with van der Waals surface area (Å²) in [7, 11) is 1.96. The van der Waals surface area contributed by atoms with Gasteiger partial charge in [0, 0.05) is 10.5 Å². The van der Waals surface area contributed by atoms with Crippen molar-refractivity contribution in [2.24, 2.45) is 0 Å². The zero-order valence-electron chi connectivity index (χ0n) is 10.4. The van der Waals surface area contributed by atoms with Gasteiger partial charge in [0.25, 0.3) is 0 Å². The van der Waals surface area contributed by atoms with Crippen LogP contribution in [0.25, 0.3) is 0 Å². The molecule has 1 aromatic heterocycles. The largest absolute Gasteiger partial charge is 0.488 e. The van der Waals surface area contributed by atoms with E-state index in [1.54, 1.807) is 11.3 Å². The Morgan fingerprint density at radius 3 is 2.56 bits per heavy atom. The highest BCUT2D eigenvalue weighted by atomic mass is 79.9. The van der Waals surface area contributed by atoms with Crippen molar-refractivity contribution in [3.05, 3.63) is 50.6 Å². The van der Waals surface area contributed by atoms with E-state index < -0.39 is 0 Å². The van der Waals surface area contributed by atoms with Gasteiger partial charge in [-0.3, -0.25) is 0 Å². The Balaban J connectivity index is 1.96. The Bertz CT molecular complexity index is 495. The van der Waals surface area contributed by atoms with Crippen molar-refractivity contribution >= 4 is 27.3 Å². The molecule has 0 bridgehead atoms. The Hall–Kier alpha value is -0.840. The van der Waals surface area contributed by atoms with Gasteiger partial charge in [0.15, 0.2) is 0 Å². The Kier molecular flexibility index (Phi) is 4.80. The smallest absolute Gasteiger partial charge is 0.124 e. The summed E-state index contributed by atoms with van der Waals surface area (Å²) >= 11 is 5.20. The molecule has 0 aliphatic rings. The number of halogens is 1. The van der Waals surface area contributed by atoms with E-state index in [0.29, 0.717) is 12.6 Å². The molecule has 2 aromatic rings. The second-order valence-corrected chi connectivity index (χ2v) is 5.91. The fraction of sp³-hybridized carbons (Fsp3) is 0.286. The molecule has 0 aliphatic carbocycles. The van der Waals surface area contributed by atoms with E-state index >= 15 is 0 Å². The van der Waals surface area contributed by atoms with Gasteiger partial charge in [0.2, 0.25) is 0 Å². The fourth-order valence-corrected chi connectivity index (χ4v) is 2.97. The average Bonchev–Trinajstić information content (AvgIpc) is 2.81. The number of nitrogens with one attached hydrogen (secondary N) is 1. The van der Waals surface area contributed by atoms with Crippen LogP contribution in [0.3, 0.4) is 0 Å². The summed E-state index contributed by atoms with van der Waals surface area (Å²) in [6.07, 6.45) is 0. The maximum absolute atomic E-state index is 5.76. The highest BCUT2D eigenvalue weighted by Gasteiger charge is 2.04. The third-order valence-corrected chi connectivity index (χ3v) is 4.77. The second kappa shape index (κ2) is 6.36. The van der Waals surface area contributed by atoms with Crippen molar-refractivity contribution < 1.29 is 4.74 Å². The first-order valence-electron chi connectivity index (χ1n) is 5.82. The van der Waals surface area contributed by atoms with Gasteiger partial charge in [-0.25, -0.2) is 0 Å². The minimum Gasteiger partial charge on any atom is -0.488 e. The van der Waals surface area contributed by atoms with E-state index in [1.165, 1.54) is 10.4 Å². The highest BCUT2D eigenvalue weighted by molar-refractivity contribution is 9.10. The standard InChI is InChI=1S/C14H16BrNOS/c1-10(16-2)11-3-5-12(6-4-11)17-9-14-13(15)7-8-18-14/h3-8,10,16H,9H2,1-2H3. The lowest BCUT2D eigenvalue weighted by Crippen LogP contribution is -2.11. The number of hydrogen-bond donors (Lipinski definition) is 1. The molecule has 18 heavy (non-hydrogen) atoms. The Morgan fingerprint density at radius 1 is 1.28 bits per heavy atom. The number of hydrogen-bond acceptors (Lipinski definition) is 3. The van der Waals surface area contributed by atoms with E-state index in [2.05, 4.69) is 45.7 Å². The first kappa shape index (κ1) is 13.6. The Labute approximate surface area is 120 Å². The third kappa shape index (κ3) is 3.34. The van der Waals surface area contributed by atoms with Crippen molar-refractivity contribution in [2.45, 2.75) is 19.6 Å². The molecule has 2 rings (SSSR count). The normalized spacial score (nSPS) is 12.4. The molecular weight excluding hydrogens is 310 g/mol. The lowest BCUT2D eigenvalue weighted by atomic mass is 10.1. The van der Waals surface area contributed by atoms with E-state index in [4.69, 9.17) is 4.74 Å². The minimum absolute atomic E-state index is 0.366. The third-order valence-electron chi connectivity index (χ3n) is 2.87. The summed E-state index contributed by atoms with van der Waals surface area (Å²) in [4.78, 5) is 1.21. The molecule has 4 heteroatoms. The zero-order valence-corrected chi connectivity index (χ0v) is 12.8. The SMILES string of the molecule is CNC(C)c1ccc(OCc2sccc2Br)cc1. The van der Waals surface area contributed by atoms with Gasteiger partial charge in [0.1, 0.15) is 12.4 Å². The maximum atomic E-state index is 5.76. The van der Waals surface area contributed by atoms with Crippen LogP contribution in [0.5, 0.6) is 5.75 Å². The van der Waals surface area contributed by atoms with E-state index in [-0.39, 0.29) is 0 Å². The molecule has 1 aromatic carbocycles. The van der Waals surface area contributed by atoms with Gasteiger partial charge in [-0.2, -0.15) is 0 Å². The van der Waals surface area contributed by atoms with Gasteiger partial charge >= 0.3 is 0 Å². The molecule has 96 valence electrons. The van der Waals surface area contributed by atoms with E-state index in [1.807, 2.05) is 25.2 Å². The molecule has 1 unspecified atom stereocenters. The summed E-state index contributed by atoms with van der Waals surface area (Å²) < 4.78 is 6.88. The van der Waals surface area contributed by atoms with Crippen LogP contribution in [-0.4, -0.2) is 7.05 Å². The molecule has 0 amide bonds. The van der Waals surface area contributed by atoms with Crippen LogP contribution in [0.1, 0.15) is 23.4 Å². The molecule has 0 radical (unpaired) electrons. The van der Waals surface area contributed by atoms with Gasteiger partial charge in [-0.15, -0.1) is 11.3 Å². The Morgan fingerprint density at radius 2 is 2.00 bits per heavy atom. The molecule has 0 aliphatic heterocycles. The van der Waals surface area contributed by atoms with Crippen molar-refractivity contribution in [1.82, 2.24) is 5.32 Å². The molecule has 0 saturated carbocycles. The molecule has 0 spiro atoms. The lowest BCUT2D eigenvalue weighted by molar-refractivity contribution is 0.309. The van der Waals surface area contributed by atoms with Crippen LogP contribution < -0.4 is 10.1 Å². The highest BCUT2D eigenvalue weighted by Crippen LogP contribution is 2.25. The molecular formula is C14H16BrNOS. The van der Waals surface area contributed by atoms with Crippen molar-refractivity contribution in [3.8, 4) is 5.75 Å². The number of benzene rings is 1. The monoisotopic (exact) mass is 325 g/mol. The van der Waals surface area contributed by atoms with Crippen LogP contribution in [-0.2, 0) is 6.61 Å². The number of rotatable bonds is 5. The average molecular weight is 326 g/mol. The van der Waals surface area contributed by atoms with Crippen LogP contribution in [0.15, 0.2) is 40.2 Å². The van der Waals surface area contributed by atoms with Gasteiger partial charge < -0.3 is 10.1 Å². The maximum Gasteiger partial charge on any atom is 0.124 e. The van der Waals surface area contributed by atoms with Crippen molar-refractivity contribution in [1.29, 1.82) is 0 Å². The van der Waals surface area contributed by atoms with E-state index in [0.717, 1.165) is 10.2 Å². The molecule has 1 N–H and O–H groups in total. The van der Waals surface area contributed by atoms with Gasteiger partial charge in [-0.05, 0) is 59.0 Å². The molecule has 2 nitrogen and oxygen atoms in total. The van der Waals surface area contributed by atoms with Crippen LogP contribution in [0.2, 0.25) is 0 Å². The lowest BCUT2D eigenvalue weighted by Gasteiger charge is -2.11. The summed E-state index contributed by atoms with van der Waals surface area (Å²) in [5.74, 6) is 0.905. The van der Waals surface area contributed by atoms with Gasteiger partial charge in [-0.1, -0.05) is 12.1 Å². The summed E-state index contributed by atoms with van der Waals surface area (Å²) in [6.45, 7) is 2.75. The van der Waals surface area contributed by atoms with Crippen LogP contribution >= 0.6 is 27.3 Å². The van der Waals surface area contributed by atoms with E-state index in [9.17, 15) is 0 Å².